The molecule has 0 amide bonds. The van der Waals surface area contributed by atoms with Crippen LogP contribution in [0.15, 0.2) is 59.1 Å². The Hall–Kier alpha value is -1.56. The lowest BCUT2D eigenvalue weighted by Crippen LogP contribution is -1.72. The van der Waals surface area contributed by atoms with E-state index in [0.717, 1.165) is 14.9 Å². The summed E-state index contributed by atoms with van der Waals surface area (Å²) in [6, 6.07) is 18.6. The molecule has 2 heteroatoms. The number of fused-ring (bicyclic) bond motifs is 1. The van der Waals surface area contributed by atoms with Crippen LogP contribution in [0.5, 0.6) is 0 Å². The predicted molar refractivity (Wildman–Crippen MR) is 81.9 cm³/mol. The molecule has 1 aromatic heterocycles. The van der Waals surface area contributed by atoms with Crippen LogP contribution in [-0.4, -0.2) is 0 Å². The second-order valence-corrected chi connectivity index (χ2v) is 5.90. The third kappa shape index (κ3) is 2.48. The molecule has 0 spiro atoms. The lowest BCUT2D eigenvalue weighted by Gasteiger charge is -1.89. The summed E-state index contributed by atoms with van der Waals surface area (Å²) in [6.07, 6.45) is 0. The van der Waals surface area contributed by atoms with Crippen LogP contribution in [0.4, 0.5) is 0 Å². The second kappa shape index (κ2) is 4.97. The quantitative estimate of drug-likeness (QED) is 0.509. The van der Waals surface area contributed by atoms with E-state index in [1.54, 1.807) is 11.3 Å². The molecule has 0 nitrogen and oxygen atoms in total. The molecule has 3 aromatic rings. The van der Waals surface area contributed by atoms with Crippen LogP contribution in [0.3, 0.4) is 0 Å². The molecule has 0 aliphatic heterocycles. The van der Waals surface area contributed by atoms with Crippen LogP contribution < -0.4 is 0 Å². The van der Waals surface area contributed by atoms with E-state index in [0.29, 0.717) is 0 Å². The summed E-state index contributed by atoms with van der Waals surface area (Å²) in [6.45, 7) is 0. The number of rotatable bonds is 0. The van der Waals surface area contributed by atoms with Gasteiger partial charge in [-0.25, -0.2) is 0 Å². The highest BCUT2D eigenvalue weighted by molar-refractivity contribution is 9.10. The number of benzene rings is 2. The normalized spacial score (nSPS) is 10.1. The van der Waals surface area contributed by atoms with Crippen molar-refractivity contribution >= 4 is 37.4 Å². The van der Waals surface area contributed by atoms with Gasteiger partial charge in [-0.15, -0.1) is 11.3 Å². The average molecular weight is 313 g/mol. The van der Waals surface area contributed by atoms with Gasteiger partial charge in [-0.1, -0.05) is 46.0 Å². The first-order valence-electron chi connectivity index (χ1n) is 5.57. The zero-order valence-corrected chi connectivity index (χ0v) is 11.9. The Balaban J connectivity index is 1.95. The van der Waals surface area contributed by atoms with Gasteiger partial charge in [0.15, 0.2) is 0 Å². The molecule has 2 aromatic carbocycles. The molecule has 0 aliphatic carbocycles. The topological polar surface area (TPSA) is 0 Å². The summed E-state index contributed by atoms with van der Waals surface area (Å²) in [7, 11) is 0. The minimum Gasteiger partial charge on any atom is -0.127 e. The Morgan fingerprint density at radius 1 is 0.889 bits per heavy atom. The van der Waals surface area contributed by atoms with Gasteiger partial charge >= 0.3 is 0 Å². The van der Waals surface area contributed by atoms with E-state index in [1.165, 1.54) is 10.1 Å². The summed E-state index contributed by atoms with van der Waals surface area (Å²) in [5, 5.41) is 1.27. The van der Waals surface area contributed by atoms with Crippen molar-refractivity contribution in [2.45, 2.75) is 0 Å². The van der Waals surface area contributed by atoms with Crippen LogP contribution in [0.2, 0.25) is 0 Å². The Kier molecular flexibility index (Phi) is 3.19. The summed E-state index contributed by atoms with van der Waals surface area (Å²) < 4.78 is 2.37. The molecule has 0 fully saturated rings. The Morgan fingerprint density at radius 3 is 2.44 bits per heavy atom. The van der Waals surface area contributed by atoms with E-state index >= 15 is 0 Å². The van der Waals surface area contributed by atoms with Crippen LogP contribution >= 0.6 is 27.3 Å². The van der Waals surface area contributed by atoms with Crippen molar-refractivity contribution in [2.24, 2.45) is 0 Å². The summed E-state index contributed by atoms with van der Waals surface area (Å²) in [5.41, 5.74) is 1.04. The fourth-order valence-electron chi connectivity index (χ4n) is 1.71. The smallest absolute Gasteiger partial charge is 0.0784 e. The van der Waals surface area contributed by atoms with Crippen molar-refractivity contribution in [1.82, 2.24) is 0 Å². The highest BCUT2D eigenvalue weighted by atomic mass is 79.9. The average Bonchev–Trinajstić information content (AvgIpc) is 2.81. The van der Waals surface area contributed by atoms with Crippen molar-refractivity contribution in [3.05, 3.63) is 69.5 Å². The van der Waals surface area contributed by atoms with Crippen LogP contribution in [0.1, 0.15) is 10.4 Å². The van der Waals surface area contributed by atoms with Gasteiger partial charge in [-0.05, 0) is 41.8 Å². The molecule has 0 saturated carbocycles. The van der Waals surface area contributed by atoms with Gasteiger partial charge in [0.2, 0.25) is 0 Å². The van der Waals surface area contributed by atoms with Crippen molar-refractivity contribution in [1.29, 1.82) is 0 Å². The standard InChI is InChI=1S/C16H9BrS/c17-14-8-5-12(6-9-14)7-10-15-11-13-3-1-2-4-16(13)18-15/h1-6,8-9,11H. The molecule has 0 bridgehead atoms. The first kappa shape index (κ1) is 11.5. The van der Waals surface area contributed by atoms with Gasteiger partial charge in [-0.3, -0.25) is 0 Å². The Bertz CT molecular complexity index is 709. The van der Waals surface area contributed by atoms with Crippen molar-refractivity contribution < 1.29 is 0 Å². The maximum absolute atomic E-state index is 3.42. The van der Waals surface area contributed by atoms with E-state index < -0.39 is 0 Å². The molecule has 3 rings (SSSR count). The maximum Gasteiger partial charge on any atom is 0.0784 e. The molecular formula is C16H9BrS. The lowest BCUT2D eigenvalue weighted by atomic mass is 10.2. The third-order valence-electron chi connectivity index (χ3n) is 2.60. The molecule has 0 atom stereocenters. The van der Waals surface area contributed by atoms with Crippen molar-refractivity contribution in [3.8, 4) is 11.8 Å². The summed E-state index contributed by atoms with van der Waals surface area (Å²) in [4.78, 5) is 1.11. The van der Waals surface area contributed by atoms with E-state index in [4.69, 9.17) is 0 Å². The van der Waals surface area contributed by atoms with E-state index in [1.807, 2.05) is 24.3 Å². The lowest BCUT2D eigenvalue weighted by molar-refractivity contribution is 1.60. The second-order valence-electron chi connectivity index (χ2n) is 3.91. The molecule has 86 valence electrons. The molecule has 0 saturated heterocycles. The number of hydrogen-bond acceptors (Lipinski definition) is 1. The minimum atomic E-state index is 1.04. The maximum atomic E-state index is 3.42. The zero-order chi connectivity index (χ0) is 12.4. The first-order valence-corrected chi connectivity index (χ1v) is 7.18. The summed E-state index contributed by atoms with van der Waals surface area (Å²) in [5.74, 6) is 6.41. The number of hydrogen-bond donors (Lipinski definition) is 0. The first-order chi connectivity index (χ1) is 8.81. The number of thiophene rings is 1. The van der Waals surface area contributed by atoms with Gasteiger partial charge in [-0.2, -0.15) is 0 Å². The fourth-order valence-corrected chi connectivity index (χ4v) is 2.89. The highest BCUT2D eigenvalue weighted by Crippen LogP contribution is 2.24. The largest absolute Gasteiger partial charge is 0.127 e. The molecular weight excluding hydrogens is 304 g/mol. The van der Waals surface area contributed by atoms with E-state index in [2.05, 4.69) is 58.1 Å². The summed E-state index contributed by atoms with van der Waals surface area (Å²) >= 11 is 5.16. The fraction of sp³-hybridized carbons (Fsp3) is 0. The SMILES string of the molecule is Brc1ccc(C#Cc2cc3ccccc3s2)cc1. The number of halogens is 1. The van der Waals surface area contributed by atoms with Gasteiger partial charge in [0.25, 0.3) is 0 Å². The van der Waals surface area contributed by atoms with Gasteiger partial charge < -0.3 is 0 Å². The van der Waals surface area contributed by atoms with Crippen molar-refractivity contribution in [2.75, 3.05) is 0 Å². The highest BCUT2D eigenvalue weighted by Gasteiger charge is 1.97. The van der Waals surface area contributed by atoms with Crippen LogP contribution in [0.25, 0.3) is 10.1 Å². The molecule has 0 aliphatic rings. The zero-order valence-electron chi connectivity index (χ0n) is 9.48. The Morgan fingerprint density at radius 2 is 1.67 bits per heavy atom. The van der Waals surface area contributed by atoms with Gasteiger partial charge in [0.05, 0.1) is 4.88 Å². The van der Waals surface area contributed by atoms with Crippen LogP contribution in [0, 0.1) is 11.8 Å². The molecule has 0 radical (unpaired) electrons. The minimum absolute atomic E-state index is 1.04. The van der Waals surface area contributed by atoms with Crippen LogP contribution in [-0.2, 0) is 0 Å². The molecule has 0 unspecified atom stereocenters. The predicted octanol–water partition coefficient (Wildman–Crippen LogP) is 5.06. The van der Waals surface area contributed by atoms with E-state index in [-0.39, 0.29) is 0 Å². The Labute approximate surface area is 118 Å². The molecule has 0 N–H and O–H groups in total. The molecule has 18 heavy (non-hydrogen) atoms. The van der Waals surface area contributed by atoms with Gasteiger partial charge in [0, 0.05) is 14.7 Å². The van der Waals surface area contributed by atoms with E-state index in [9.17, 15) is 0 Å². The van der Waals surface area contributed by atoms with Crippen molar-refractivity contribution in [3.63, 3.8) is 0 Å². The molecule has 1 heterocycles. The monoisotopic (exact) mass is 312 g/mol. The van der Waals surface area contributed by atoms with Gasteiger partial charge in [0.1, 0.15) is 0 Å². The third-order valence-corrected chi connectivity index (χ3v) is 4.16.